The van der Waals surface area contributed by atoms with Gasteiger partial charge in [-0.25, -0.2) is 8.42 Å². The summed E-state index contributed by atoms with van der Waals surface area (Å²) in [5, 5.41) is 11.5. The van der Waals surface area contributed by atoms with E-state index < -0.39 is 15.6 Å². The van der Waals surface area contributed by atoms with E-state index in [9.17, 15) is 13.5 Å². The monoisotopic (exact) mass is 319 g/mol. The molecule has 1 aliphatic rings. The van der Waals surface area contributed by atoms with Gasteiger partial charge in [-0.05, 0) is 36.6 Å². The molecule has 1 aromatic rings. The van der Waals surface area contributed by atoms with Crippen LogP contribution in [0.15, 0.2) is 15.7 Å². The second-order valence-electron chi connectivity index (χ2n) is 5.48. The van der Waals surface area contributed by atoms with Crippen LogP contribution in [0.3, 0.4) is 0 Å². The van der Waals surface area contributed by atoms with Gasteiger partial charge in [-0.3, -0.25) is 0 Å². The molecule has 0 aliphatic heterocycles. The molecule has 1 fully saturated rings. The van der Waals surface area contributed by atoms with E-state index in [2.05, 4.69) is 6.92 Å². The minimum Gasteiger partial charge on any atom is -0.494 e. The number of methoxy groups -OCH3 is 1. The van der Waals surface area contributed by atoms with Gasteiger partial charge in [-0.1, -0.05) is 6.92 Å². The molecule has 2 atom stereocenters. The Morgan fingerprint density at radius 3 is 2.80 bits per heavy atom. The van der Waals surface area contributed by atoms with Gasteiger partial charge in [0.15, 0.2) is 4.21 Å². The predicted molar refractivity (Wildman–Crippen MR) is 78.7 cm³/mol. The van der Waals surface area contributed by atoms with Gasteiger partial charge < -0.3 is 9.84 Å². The van der Waals surface area contributed by atoms with Crippen LogP contribution in [0.2, 0.25) is 0 Å². The summed E-state index contributed by atoms with van der Waals surface area (Å²) in [6.45, 7) is 1.93. The third-order valence-electron chi connectivity index (χ3n) is 4.20. The molecule has 2 rings (SSSR count). The summed E-state index contributed by atoms with van der Waals surface area (Å²) in [7, 11) is -0.632. The van der Waals surface area contributed by atoms with E-state index >= 15 is 0 Å². The number of nitrogens with zero attached hydrogens (tertiary/aromatic N) is 1. The predicted octanol–water partition coefficient (Wildman–Crippen LogP) is 1.93. The van der Waals surface area contributed by atoms with E-state index in [4.69, 9.17) is 4.74 Å². The number of aliphatic hydroxyl groups is 1. The highest BCUT2D eigenvalue weighted by atomic mass is 32.2. The molecule has 1 N–H and O–H groups in total. The van der Waals surface area contributed by atoms with Gasteiger partial charge in [0, 0.05) is 7.05 Å². The first-order chi connectivity index (χ1) is 9.37. The maximum atomic E-state index is 12.8. The number of thiophene rings is 1. The Morgan fingerprint density at radius 1 is 1.60 bits per heavy atom. The normalized spacial score (nSPS) is 27.1. The minimum absolute atomic E-state index is 0.152. The van der Waals surface area contributed by atoms with Crippen LogP contribution >= 0.6 is 11.3 Å². The van der Waals surface area contributed by atoms with Crippen molar-refractivity contribution in [3.05, 3.63) is 11.4 Å². The molecule has 7 heteroatoms. The van der Waals surface area contributed by atoms with E-state index in [1.54, 1.807) is 18.5 Å². The van der Waals surface area contributed by atoms with Gasteiger partial charge in [0.2, 0.25) is 0 Å². The lowest BCUT2D eigenvalue weighted by atomic mass is 9.98. The topological polar surface area (TPSA) is 66.8 Å². The molecule has 1 aliphatic carbocycles. The first-order valence-corrected chi connectivity index (χ1v) is 8.91. The average Bonchev–Trinajstić information content (AvgIpc) is 3.04. The molecule has 2 unspecified atom stereocenters. The number of hydrogen-bond donors (Lipinski definition) is 1. The second kappa shape index (κ2) is 5.63. The second-order valence-corrected chi connectivity index (χ2v) is 8.56. The van der Waals surface area contributed by atoms with Gasteiger partial charge in [0.1, 0.15) is 5.75 Å². The molecule has 1 saturated carbocycles. The number of aliphatic hydroxyl groups excluding tert-OH is 1. The maximum Gasteiger partial charge on any atom is 0.256 e. The fourth-order valence-corrected chi connectivity index (χ4v) is 5.86. The fraction of sp³-hybridized carbons (Fsp3) is 0.692. The zero-order valence-electron chi connectivity index (χ0n) is 12.0. The molecule has 0 radical (unpaired) electrons. The Hall–Kier alpha value is -0.630. The van der Waals surface area contributed by atoms with Gasteiger partial charge >= 0.3 is 0 Å². The smallest absolute Gasteiger partial charge is 0.256 e. The summed E-state index contributed by atoms with van der Waals surface area (Å²) < 4.78 is 32.2. The van der Waals surface area contributed by atoms with Crippen LogP contribution in [0.25, 0.3) is 0 Å². The Bertz CT molecular complexity index is 569. The van der Waals surface area contributed by atoms with Crippen molar-refractivity contribution in [2.75, 3.05) is 20.8 Å². The molecular weight excluding hydrogens is 298 g/mol. The van der Waals surface area contributed by atoms with Crippen molar-refractivity contribution in [3.63, 3.8) is 0 Å². The highest BCUT2D eigenvalue weighted by Gasteiger charge is 2.46. The van der Waals surface area contributed by atoms with Gasteiger partial charge in [0.05, 0.1) is 19.3 Å². The van der Waals surface area contributed by atoms with Crippen molar-refractivity contribution in [1.29, 1.82) is 0 Å². The van der Waals surface area contributed by atoms with Crippen molar-refractivity contribution in [1.82, 2.24) is 4.31 Å². The van der Waals surface area contributed by atoms with Crippen LogP contribution in [0.1, 0.15) is 26.2 Å². The molecule has 114 valence electrons. The van der Waals surface area contributed by atoms with E-state index in [1.165, 1.54) is 11.4 Å². The van der Waals surface area contributed by atoms with Crippen molar-refractivity contribution < 1.29 is 18.3 Å². The summed E-state index contributed by atoms with van der Waals surface area (Å²) in [5.74, 6) is 0.783. The van der Waals surface area contributed by atoms with Crippen molar-refractivity contribution >= 4 is 21.4 Å². The first kappa shape index (κ1) is 15.8. The van der Waals surface area contributed by atoms with Gasteiger partial charge in [-0.15, -0.1) is 11.3 Å². The molecule has 0 spiro atoms. The molecular formula is C13H21NO4S2. The average molecular weight is 319 g/mol. The Kier molecular flexibility index (Phi) is 4.44. The van der Waals surface area contributed by atoms with Crippen LogP contribution in [0.4, 0.5) is 0 Å². The number of hydrogen-bond acceptors (Lipinski definition) is 5. The van der Waals surface area contributed by atoms with Crippen LogP contribution in [0, 0.1) is 5.92 Å². The summed E-state index contributed by atoms with van der Waals surface area (Å²) in [6, 6.07) is 1.65. The van der Waals surface area contributed by atoms with E-state index in [-0.39, 0.29) is 10.8 Å². The Morgan fingerprint density at radius 2 is 2.30 bits per heavy atom. The van der Waals surface area contributed by atoms with E-state index in [0.717, 1.165) is 17.8 Å². The number of rotatable bonds is 5. The maximum absolute atomic E-state index is 12.8. The zero-order valence-corrected chi connectivity index (χ0v) is 13.6. The third kappa shape index (κ3) is 2.47. The lowest BCUT2D eigenvalue weighted by molar-refractivity contribution is 0.108. The fourth-order valence-electron chi connectivity index (χ4n) is 2.90. The Labute approximate surface area is 124 Å². The van der Waals surface area contributed by atoms with Crippen molar-refractivity contribution in [2.24, 2.45) is 5.92 Å². The molecule has 0 bridgehead atoms. The molecule has 0 amide bonds. The first-order valence-electron chi connectivity index (χ1n) is 6.59. The van der Waals surface area contributed by atoms with Crippen molar-refractivity contribution in [3.8, 4) is 5.75 Å². The summed E-state index contributed by atoms with van der Waals surface area (Å²) >= 11 is 1.14. The molecule has 0 saturated heterocycles. The molecule has 1 heterocycles. The van der Waals surface area contributed by atoms with Crippen LogP contribution in [-0.2, 0) is 10.0 Å². The Balaban J connectivity index is 2.39. The highest BCUT2D eigenvalue weighted by Crippen LogP contribution is 2.42. The number of sulfonamides is 1. The van der Waals surface area contributed by atoms with E-state index in [0.29, 0.717) is 24.5 Å². The molecule has 1 aromatic heterocycles. The summed E-state index contributed by atoms with van der Waals surface area (Å²) in [6.07, 6.45) is 2.31. The number of ether oxygens (including phenoxy) is 1. The SMILES string of the molecule is COc1ccsc1S(=O)(=O)N(C)C1(CO)CCC(C)C1. The van der Waals surface area contributed by atoms with Gasteiger partial charge in [0.25, 0.3) is 10.0 Å². The summed E-state index contributed by atoms with van der Waals surface area (Å²) in [5.41, 5.74) is -0.687. The molecule has 0 aromatic carbocycles. The quantitative estimate of drug-likeness (QED) is 0.900. The summed E-state index contributed by atoms with van der Waals surface area (Å²) in [4.78, 5) is 0. The number of likely N-dealkylation sites (N-methyl/N-ethyl adjacent to an activating group) is 1. The lowest BCUT2D eigenvalue weighted by Crippen LogP contribution is -2.50. The van der Waals surface area contributed by atoms with Crippen molar-refractivity contribution in [2.45, 2.75) is 35.9 Å². The molecule has 20 heavy (non-hydrogen) atoms. The van der Waals surface area contributed by atoms with E-state index in [1.807, 2.05) is 0 Å². The molecule has 5 nitrogen and oxygen atoms in total. The largest absolute Gasteiger partial charge is 0.494 e. The highest BCUT2D eigenvalue weighted by molar-refractivity contribution is 7.91. The lowest BCUT2D eigenvalue weighted by Gasteiger charge is -2.36. The van der Waals surface area contributed by atoms with Gasteiger partial charge in [-0.2, -0.15) is 4.31 Å². The van der Waals surface area contributed by atoms with Crippen LogP contribution in [-0.4, -0.2) is 44.1 Å². The standard InChI is InChI=1S/C13H21NO4S2/c1-10-4-6-13(8-10,9-15)14(2)20(16,17)12-11(18-3)5-7-19-12/h5,7,10,15H,4,6,8-9H2,1-3H3. The van der Waals surface area contributed by atoms with Crippen LogP contribution < -0.4 is 4.74 Å². The van der Waals surface area contributed by atoms with Crippen LogP contribution in [0.5, 0.6) is 5.75 Å². The minimum atomic E-state index is -3.65. The zero-order chi connectivity index (χ0) is 15.0. The third-order valence-corrected chi connectivity index (χ3v) is 7.59.